The van der Waals surface area contributed by atoms with Crippen LogP contribution in [0.25, 0.3) is 0 Å². The van der Waals surface area contributed by atoms with E-state index in [9.17, 15) is 9.59 Å². The number of nitrogens with one attached hydrogen (secondary N) is 1. The smallest absolute Gasteiger partial charge is 0.242 e. The monoisotopic (exact) mass is 289 g/mol. The maximum atomic E-state index is 12.1. The molecule has 0 spiro atoms. The third-order valence-corrected chi connectivity index (χ3v) is 3.81. The molecule has 5 nitrogen and oxygen atoms in total. The molecule has 0 aliphatic carbocycles. The van der Waals surface area contributed by atoms with Crippen molar-refractivity contribution >= 4 is 11.8 Å². The van der Waals surface area contributed by atoms with Gasteiger partial charge in [0.05, 0.1) is 13.1 Å². The summed E-state index contributed by atoms with van der Waals surface area (Å²) >= 11 is 0. The first-order chi connectivity index (χ1) is 10.0. The fourth-order valence-electron chi connectivity index (χ4n) is 2.48. The normalized spacial score (nSPS) is 17.3. The molecule has 5 heteroatoms. The number of amides is 2. The molecule has 1 saturated heterocycles. The van der Waals surface area contributed by atoms with Crippen LogP contribution in [0.3, 0.4) is 0 Å². The van der Waals surface area contributed by atoms with Crippen LogP contribution in [-0.4, -0.2) is 54.8 Å². The third-order valence-electron chi connectivity index (χ3n) is 3.81. The molecule has 1 heterocycles. The zero-order chi connectivity index (χ0) is 15.4. The zero-order valence-electron chi connectivity index (χ0n) is 12.9. The Hall–Kier alpha value is -1.88. The number of likely N-dealkylation sites (N-methyl/N-ethyl adjacent to an activating group) is 2. The highest BCUT2D eigenvalue weighted by atomic mass is 16.2. The van der Waals surface area contributed by atoms with Crippen molar-refractivity contribution in [3.05, 3.63) is 35.4 Å². The Labute approximate surface area is 125 Å². The summed E-state index contributed by atoms with van der Waals surface area (Å²) in [7, 11) is 1.67. The SMILES string of the molecule is CCNC(CN1CC(=O)N(C)CC1=O)c1ccc(C)cc1. The summed E-state index contributed by atoms with van der Waals surface area (Å²) in [6.45, 7) is 5.77. The van der Waals surface area contributed by atoms with Gasteiger partial charge in [-0.3, -0.25) is 9.59 Å². The molecule has 1 fully saturated rings. The lowest BCUT2D eigenvalue weighted by molar-refractivity contribution is -0.149. The van der Waals surface area contributed by atoms with Crippen molar-refractivity contribution in [2.24, 2.45) is 0 Å². The van der Waals surface area contributed by atoms with Gasteiger partial charge in [-0.25, -0.2) is 0 Å². The van der Waals surface area contributed by atoms with Crippen molar-refractivity contribution < 1.29 is 9.59 Å². The zero-order valence-corrected chi connectivity index (χ0v) is 12.9. The van der Waals surface area contributed by atoms with E-state index in [0.29, 0.717) is 6.54 Å². The standard InChI is InChI=1S/C16H23N3O2/c1-4-17-14(13-7-5-12(2)6-8-13)9-19-11-15(20)18(3)10-16(19)21/h5-8,14,17H,4,9-11H2,1-3H3. The second kappa shape index (κ2) is 6.72. The topological polar surface area (TPSA) is 52.7 Å². The quantitative estimate of drug-likeness (QED) is 0.878. The van der Waals surface area contributed by atoms with Crippen LogP contribution in [0.4, 0.5) is 0 Å². The van der Waals surface area contributed by atoms with Gasteiger partial charge in [0, 0.05) is 19.6 Å². The summed E-state index contributed by atoms with van der Waals surface area (Å²) in [5.41, 5.74) is 2.35. The molecule has 1 aromatic rings. The molecule has 1 aromatic carbocycles. The van der Waals surface area contributed by atoms with E-state index < -0.39 is 0 Å². The van der Waals surface area contributed by atoms with Gasteiger partial charge in [-0.05, 0) is 19.0 Å². The maximum Gasteiger partial charge on any atom is 0.242 e. The van der Waals surface area contributed by atoms with Crippen molar-refractivity contribution in [2.45, 2.75) is 19.9 Å². The van der Waals surface area contributed by atoms with E-state index in [2.05, 4.69) is 36.5 Å². The molecule has 0 radical (unpaired) electrons. The molecule has 0 aromatic heterocycles. The summed E-state index contributed by atoms with van der Waals surface area (Å²) in [5, 5.41) is 3.39. The van der Waals surface area contributed by atoms with E-state index in [1.807, 2.05) is 6.92 Å². The van der Waals surface area contributed by atoms with Gasteiger partial charge in [0.15, 0.2) is 0 Å². The van der Waals surface area contributed by atoms with Gasteiger partial charge in [-0.1, -0.05) is 36.8 Å². The minimum atomic E-state index is -0.00578. The summed E-state index contributed by atoms with van der Waals surface area (Å²) in [6.07, 6.45) is 0. The molecule has 1 aliphatic rings. The number of nitrogens with zero attached hydrogens (tertiary/aromatic N) is 2. The molecule has 1 N–H and O–H groups in total. The highest BCUT2D eigenvalue weighted by molar-refractivity contribution is 5.92. The van der Waals surface area contributed by atoms with Crippen LogP contribution in [0.15, 0.2) is 24.3 Å². The number of hydrogen-bond donors (Lipinski definition) is 1. The first-order valence-electron chi connectivity index (χ1n) is 7.33. The summed E-state index contributed by atoms with van der Waals surface area (Å²) in [6, 6.07) is 8.33. The average molecular weight is 289 g/mol. The molecule has 0 bridgehead atoms. The number of benzene rings is 1. The Kier molecular flexibility index (Phi) is 4.96. The van der Waals surface area contributed by atoms with Crippen LogP contribution in [-0.2, 0) is 9.59 Å². The number of aryl methyl sites for hydroxylation is 1. The maximum absolute atomic E-state index is 12.1. The number of carbonyl (C=O) groups is 2. The fraction of sp³-hybridized carbons (Fsp3) is 0.500. The molecular weight excluding hydrogens is 266 g/mol. The van der Waals surface area contributed by atoms with Crippen molar-refractivity contribution in [3.63, 3.8) is 0 Å². The summed E-state index contributed by atoms with van der Waals surface area (Å²) in [5.74, 6) is 0.000805. The number of piperazine rings is 1. The minimum Gasteiger partial charge on any atom is -0.335 e. The first kappa shape index (κ1) is 15.5. The molecule has 1 aliphatic heterocycles. The predicted octanol–water partition coefficient (Wildman–Crippen LogP) is 0.946. The Morgan fingerprint density at radius 3 is 2.43 bits per heavy atom. The fourth-order valence-corrected chi connectivity index (χ4v) is 2.48. The molecule has 1 atom stereocenters. The van der Waals surface area contributed by atoms with Crippen molar-refractivity contribution in [3.8, 4) is 0 Å². The molecule has 2 rings (SSSR count). The number of hydrogen-bond acceptors (Lipinski definition) is 3. The average Bonchev–Trinajstić information content (AvgIpc) is 2.45. The van der Waals surface area contributed by atoms with Crippen molar-refractivity contribution in [1.82, 2.24) is 15.1 Å². The first-order valence-corrected chi connectivity index (χ1v) is 7.33. The third kappa shape index (κ3) is 3.82. The van der Waals surface area contributed by atoms with E-state index in [0.717, 1.165) is 12.1 Å². The lowest BCUT2D eigenvalue weighted by atomic mass is 10.0. The Morgan fingerprint density at radius 2 is 1.81 bits per heavy atom. The summed E-state index contributed by atoms with van der Waals surface area (Å²) < 4.78 is 0. The molecule has 1 unspecified atom stereocenters. The van der Waals surface area contributed by atoms with Gasteiger partial charge in [0.1, 0.15) is 0 Å². The van der Waals surface area contributed by atoms with Gasteiger partial charge in [0.25, 0.3) is 0 Å². The predicted molar refractivity (Wildman–Crippen MR) is 81.8 cm³/mol. The van der Waals surface area contributed by atoms with Crippen molar-refractivity contribution in [1.29, 1.82) is 0 Å². The van der Waals surface area contributed by atoms with Crippen LogP contribution < -0.4 is 5.32 Å². The second-order valence-corrected chi connectivity index (χ2v) is 5.55. The van der Waals surface area contributed by atoms with Gasteiger partial charge in [-0.15, -0.1) is 0 Å². The van der Waals surface area contributed by atoms with Crippen LogP contribution >= 0.6 is 0 Å². The highest BCUT2D eigenvalue weighted by Crippen LogP contribution is 2.17. The Morgan fingerprint density at radius 1 is 1.14 bits per heavy atom. The molecule has 2 amide bonds. The number of rotatable bonds is 5. The van der Waals surface area contributed by atoms with E-state index >= 15 is 0 Å². The van der Waals surface area contributed by atoms with Crippen LogP contribution in [0, 0.1) is 6.92 Å². The highest BCUT2D eigenvalue weighted by Gasteiger charge is 2.29. The number of carbonyl (C=O) groups excluding carboxylic acids is 2. The van der Waals surface area contributed by atoms with Crippen LogP contribution in [0.1, 0.15) is 24.1 Å². The molecular formula is C16H23N3O2. The second-order valence-electron chi connectivity index (χ2n) is 5.55. The Bertz CT molecular complexity index is 513. The molecule has 0 saturated carbocycles. The minimum absolute atomic E-state index is 0.00578. The van der Waals surface area contributed by atoms with E-state index in [-0.39, 0.29) is 30.9 Å². The summed E-state index contributed by atoms with van der Waals surface area (Å²) in [4.78, 5) is 27.0. The lowest BCUT2D eigenvalue weighted by Gasteiger charge is -2.34. The van der Waals surface area contributed by atoms with Crippen LogP contribution in [0.5, 0.6) is 0 Å². The van der Waals surface area contributed by atoms with Gasteiger partial charge >= 0.3 is 0 Å². The molecule has 21 heavy (non-hydrogen) atoms. The van der Waals surface area contributed by atoms with Gasteiger partial charge in [-0.2, -0.15) is 0 Å². The lowest BCUT2D eigenvalue weighted by Crippen LogP contribution is -2.54. The molecule has 114 valence electrons. The van der Waals surface area contributed by atoms with E-state index in [1.165, 1.54) is 10.5 Å². The Balaban J connectivity index is 2.10. The van der Waals surface area contributed by atoms with Gasteiger partial charge in [0.2, 0.25) is 11.8 Å². The van der Waals surface area contributed by atoms with E-state index in [4.69, 9.17) is 0 Å². The van der Waals surface area contributed by atoms with Crippen molar-refractivity contribution in [2.75, 3.05) is 33.2 Å². The largest absolute Gasteiger partial charge is 0.335 e. The van der Waals surface area contributed by atoms with Gasteiger partial charge < -0.3 is 15.1 Å². The van der Waals surface area contributed by atoms with E-state index in [1.54, 1.807) is 11.9 Å². The van der Waals surface area contributed by atoms with Crippen LogP contribution in [0.2, 0.25) is 0 Å².